The van der Waals surface area contributed by atoms with Crippen LogP contribution in [0.2, 0.25) is 0 Å². The highest BCUT2D eigenvalue weighted by Gasteiger charge is 2.39. The molecule has 26 heavy (non-hydrogen) atoms. The molecule has 1 rings (SSSR count). The molecule has 1 unspecified atom stereocenters. The molecule has 0 heterocycles. The smallest absolute Gasteiger partial charge is 0.326 e. The Morgan fingerprint density at radius 3 is 2.27 bits per heavy atom. The van der Waals surface area contributed by atoms with Crippen molar-refractivity contribution in [1.82, 2.24) is 5.32 Å². The number of carbonyl (C=O) groups is 2. The first-order valence-electron chi connectivity index (χ1n) is 8.77. The largest absolute Gasteiger partial charge is 0.493 e. The second-order valence-electron chi connectivity index (χ2n) is 6.03. The molecule has 1 aromatic rings. The number of nitrogens with one attached hydrogen (secondary N) is 1. The highest BCUT2D eigenvalue weighted by Crippen LogP contribution is 2.37. The number of hydrogen-bond acceptors (Lipinski definition) is 4. The van der Waals surface area contributed by atoms with Gasteiger partial charge in [0.1, 0.15) is 6.04 Å². The summed E-state index contributed by atoms with van der Waals surface area (Å²) >= 11 is 0. The van der Waals surface area contributed by atoms with Crippen molar-refractivity contribution in [2.75, 3.05) is 14.2 Å². The van der Waals surface area contributed by atoms with Crippen molar-refractivity contribution in [2.45, 2.75) is 51.5 Å². The van der Waals surface area contributed by atoms with Crippen LogP contribution in [0.1, 0.15) is 45.6 Å². The fraction of sp³-hybridized carbons (Fsp3) is 0.500. The van der Waals surface area contributed by atoms with Crippen molar-refractivity contribution in [3.63, 3.8) is 0 Å². The van der Waals surface area contributed by atoms with Gasteiger partial charge in [0.05, 0.1) is 19.6 Å². The molecule has 1 atom stereocenters. The van der Waals surface area contributed by atoms with E-state index in [2.05, 4.69) is 5.32 Å². The Bertz CT molecular complexity index is 650. The molecule has 0 spiro atoms. The molecule has 0 bridgehead atoms. The SMILES string of the molecule is C/C=C/CC(NC(=O)C(CC)(CC)c1ccc(OC)c(OC)c1)C(=O)O. The van der Waals surface area contributed by atoms with E-state index in [1.807, 2.05) is 26.8 Å². The number of ether oxygens (including phenoxy) is 2. The lowest BCUT2D eigenvalue weighted by molar-refractivity contribution is -0.142. The Morgan fingerprint density at radius 2 is 1.81 bits per heavy atom. The second-order valence-corrected chi connectivity index (χ2v) is 6.03. The summed E-state index contributed by atoms with van der Waals surface area (Å²) < 4.78 is 10.6. The third-order valence-electron chi connectivity index (χ3n) is 4.79. The van der Waals surface area contributed by atoms with Crippen LogP contribution in [0.4, 0.5) is 0 Å². The molecule has 0 saturated carbocycles. The molecule has 0 fully saturated rings. The minimum Gasteiger partial charge on any atom is -0.493 e. The zero-order valence-electron chi connectivity index (χ0n) is 16.2. The van der Waals surface area contributed by atoms with E-state index in [4.69, 9.17) is 9.47 Å². The summed E-state index contributed by atoms with van der Waals surface area (Å²) in [6.07, 6.45) is 4.80. The topological polar surface area (TPSA) is 84.9 Å². The quantitative estimate of drug-likeness (QED) is 0.623. The van der Waals surface area contributed by atoms with E-state index in [1.54, 1.807) is 38.5 Å². The summed E-state index contributed by atoms with van der Waals surface area (Å²) in [6.45, 7) is 5.65. The van der Waals surface area contributed by atoms with Crippen LogP contribution in [0, 0.1) is 0 Å². The number of hydrogen-bond donors (Lipinski definition) is 2. The van der Waals surface area contributed by atoms with Crippen LogP contribution in [0.3, 0.4) is 0 Å². The van der Waals surface area contributed by atoms with Gasteiger partial charge in [0, 0.05) is 0 Å². The Morgan fingerprint density at radius 1 is 1.19 bits per heavy atom. The van der Waals surface area contributed by atoms with Crippen molar-refractivity contribution < 1.29 is 24.2 Å². The van der Waals surface area contributed by atoms with Crippen molar-refractivity contribution in [3.8, 4) is 11.5 Å². The molecule has 0 radical (unpaired) electrons. The normalized spacial score (nSPS) is 12.7. The average Bonchev–Trinajstić information content (AvgIpc) is 2.65. The third kappa shape index (κ3) is 4.56. The number of benzene rings is 1. The van der Waals surface area contributed by atoms with Crippen molar-refractivity contribution in [1.29, 1.82) is 0 Å². The molecule has 2 N–H and O–H groups in total. The van der Waals surface area contributed by atoms with Crippen molar-refractivity contribution in [3.05, 3.63) is 35.9 Å². The van der Waals surface area contributed by atoms with E-state index in [0.717, 1.165) is 5.56 Å². The number of carboxylic acids is 1. The van der Waals surface area contributed by atoms with Crippen LogP contribution in [-0.2, 0) is 15.0 Å². The number of methoxy groups -OCH3 is 2. The van der Waals surface area contributed by atoms with E-state index in [0.29, 0.717) is 24.3 Å². The van der Waals surface area contributed by atoms with Gasteiger partial charge in [-0.25, -0.2) is 4.79 Å². The predicted octanol–water partition coefficient (Wildman–Crippen LogP) is 3.30. The molecular weight excluding hydrogens is 334 g/mol. The van der Waals surface area contributed by atoms with Gasteiger partial charge in [0.2, 0.25) is 5.91 Å². The maximum atomic E-state index is 13.1. The first kappa shape index (κ1) is 21.5. The summed E-state index contributed by atoms with van der Waals surface area (Å²) in [6, 6.07) is 4.41. The van der Waals surface area contributed by atoms with E-state index in [1.165, 1.54) is 0 Å². The Kier molecular flexibility index (Phi) is 8.16. The molecule has 0 saturated heterocycles. The highest BCUT2D eigenvalue weighted by atomic mass is 16.5. The van der Waals surface area contributed by atoms with E-state index < -0.39 is 17.4 Å². The van der Waals surface area contributed by atoms with Crippen LogP contribution in [0.15, 0.2) is 30.4 Å². The van der Waals surface area contributed by atoms with E-state index in [9.17, 15) is 14.7 Å². The van der Waals surface area contributed by atoms with Gasteiger partial charge in [0.25, 0.3) is 0 Å². The second kappa shape index (κ2) is 9.85. The van der Waals surface area contributed by atoms with Gasteiger partial charge in [0.15, 0.2) is 11.5 Å². The number of aliphatic carboxylic acids is 1. The number of carbonyl (C=O) groups excluding carboxylic acids is 1. The van der Waals surface area contributed by atoms with Crippen LogP contribution in [-0.4, -0.2) is 37.2 Å². The van der Waals surface area contributed by atoms with Crippen LogP contribution in [0.5, 0.6) is 11.5 Å². The fourth-order valence-corrected chi connectivity index (χ4v) is 3.03. The highest BCUT2D eigenvalue weighted by molar-refractivity contribution is 5.91. The summed E-state index contributed by atoms with van der Waals surface area (Å²) in [5.74, 6) is -0.237. The van der Waals surface area contributed by atoms with E-state index in [-0.39, 0.29) is 12.3 Å². The zero-order chi connectivity index (χ0) is 19.7. The lowest BCUT2D eigenvalue weighted by Crippen LogP contribution is -2.50. The van der Waals surface area contributed by atoms with Crippen LogP contribution >= 0.6 is 0 Å². The molecular formula is C20H29NO5. The first-order chi connectivity index (χ1) is 12.4. The molecule has 0 aliphatic rings. The molecule has 6 nitrogen and oxygen atoms in total. The average molecular weight is 363 g/mol. The number of amides is 1. The number of carboxylic acid groups (broad SMARTS) is 1. The molecule has 1 amide bonds. The predicted molar refractivity (Wildman–Crippen MR) is 101 cm³/mol. The number of allylic oxidation sites excluding steroid dienone is 1. The first-order valence-corrected chi connectivity index (χ1v) is 8.77. The van der Waals surface area contributed by atoms with Gasteiger partial charge in [-0.3, -0.25) is 4.79 Å². The van der Waals surface area contributed by atoms with E-state index >= 15 is 0 Å². The summed E-state index contributed by atoms with van der Waals surface area (Å²) in [5, 5.41) is 12.1. The Labute approximate surface area is 155 Å². The molecule has 6 heteroatoms. The maximum Gasteiger partial charge on any atom is 0.326 e. The minimum atomic E-state index is -1.05. The Hall–Kier alpha value is -2.50. The van der Waals surface area contributed by atoms with Gasteiger partial charge in [-0.1, -0.05) is 32.1 Å². The van der Waals surface area contributed by atoms with Gasteiger partial charge < -0.3 is 19.9 Å². The Balaban J connectivity index is 3.26. The fourth-order valence-electron chi connectivity index (χ4n) is 3.03. The van der Waals surface area contributed by atoms with Gasteiger partial charge >= 0.3 is 5.97 Å². The molecule has 0 aromatic heterocycles. The lowest BCUT2D eigenvalue weighted by Gasteiger charge is -2.32. The zero-order valence-corrected chi connectivity index (χ0v) is 16.2. The third-order valence-corrected chi connectivity index (χ3v) is 4.79. The van der Waals surface area contributed by atoms with Crippen LogP contribution in [0.25, 0.3) is 0 Å². The summed E-state index contributed by atoms with van der Waals surface area (Å²) in [5.41, 5.74) is -0.0729. The molecule has 144 valence electrons. The lowest BCUT2D eigenvalue weighted by atomic mass is 9.74. The molecule has 0 aliphatic carbocycles. The standard InChI is InChI=1S/C20H29NO5/c1-6-9-10-15(18(22)23)21-19(24)20(7-2,8-3)14-11-12-16(25-4)17(13-14)26-5/h6,9,11-13,15H,7-8,10H2,1-5H3,(H,21,24)(H,22,23)/b9-6+. The van der Waals surface area contributed by atoms with Gasteiger partial charge in [-0.05, 0) is 43.9 Å². The van der Waals surface area contributed by atoms with Crippen molar-refractivity contribution in [2.24, 2.45) is 0 Å². The van der Waals surface area contributed by atoms with Gasteiger partial charge in [-0.2, -0.15) is 0 Å². The summed E-state index contributed by atoms with van der Waals surface area (Å²) in [4.78, 5) is 24.6. The molecule has 1 aromatic carbocycles. The van der Waals surface area contributed by atoms with Crippen molar-refractivity contribution >= 4 is 11.9 Å². The molecule has 0 aliphatic heterocycles. The monoisotopic (exact) mass is 363 g/mol. The number of rotatable bonds is 10. The van der Waals surface area contributed by atoms with Gasteiger partial charge in [-0.15, -0.1) is 0 Å². The summed E-state index contributed by atoms with van der Waals surface area (Å²) in [7, 11) is 3.09. The van der Waals surface area contributed by atoms with Crippen LogP contribution < -0.4 is 14.8 Å². The maximum absolute atomic E-state index is 13.1. The minimum absolute atomic E-state index is 0.243.